The van der Waals surface area contributed by atoms with Crippen molar-refractivity contribution in [2.45, 2.75) is 25.3 Å². The molecule has 102 valence electrons. The summed E-state index contributed by atoms with van der Waals surface area (Å²) >= 11 is 5.92. The normalized spacial score (nSPS) is 15.7. The lowest BCUT2D eigenvalue weighted by molar-refractivity contribution is -0.140. The second-order valence-corrected chi connectivity index (χ2v) is 4.69. The summed E-state index contributed by atoms with van der Waals surface area (Å²) in [5.41, 5.74) is -0.914. The van der Waals surface area contributed by atoms with Crippen molar-refractivity contribution in [3.63, 3.8) is 0 Å². The van der Waals surface area contributed by atoms with Gasteiger partial charge >= 0.3 is 5.97 Å². The number of carboxylic acid groups (broad SMARTS) is 1. The maximum absolute atomic E-state index is 11.9. The van der Waals surface area contributed by atoms with Gasteiger partial charge in [-0.2, -0.15) is 0 Å². The molecule has 0 unspecified atom stereocenters. The molecule has 6 nitrogen and oxygen atoms in total. The highest BCUT2D eigenvalue weighted by Gasteiger charge is 2.51. The Hall–Kier alpha value is -1.82. The van der Waals surface area contributed by atoms with Crippen LogP contribution >= 0.6 is 11.6 Å². The first-order chi connectivity index (χ1) is 8.98. The molecule has 0 bridgehead atoms. The molecule has 0 aromatic carbocycles. The second-order valence-electron chi connectivity index (χ2n) is 4.29. The molecule has 1 aliphatic carbocycles. The number of carbonyl (C=O) groups is 2. The van der Waals surface area contributed by atoms with Crippen LogP contribution in [0.4, 0.5) is 0 Å². The van der Waals surface area contributed by atoms with Crippen LogP contribution in [0.1, 0.15) is 30.1 Å². The summed E-state index contributed by atoms with van der Waals surface area (Å²) in [7, 11) is 0. The zero-order chi connectivity index (χ0) is 14.0. The van der Waals surface area contributed by atoms with E-state index in [1.807, 2.05) is 0 Å². The Kier molecular flexibility index (Phi) is 3.61. The van der Waals surface area contributed by atoms with E-state index in [0.29, 0.717) is 19.4 Å². The molecule has 0 aliphatic heterocycles. The van der Waals surface area contributed by atoms with E-state index in [1.165, 1.54) is 12.3 Å². The van der Waals surface area contributed by atoms with Crippen LogP contribution in [0.15, 0.2) is 12.3 Å². The highest BCUT2D eigenvalue weighted by molar-refractivity contribution is 6.32. The average Bonchev–Trinajstić information content (AvgIpc) is 3.13. The van der Waals surface area contributed by atoms with E-state index in [-0.39, 0.29) is 16.5 Å². The number of pyridine rings is 1. The van der Waals surface area contributed by atoms with Gasteiger partial charge in [0, 0.05) is 6.20 Å². The number of halogens is 1. The van der Waals surface area contributed by atoms with Gasteiger partial charge in [0.05, 0.1) is 12.2 Å². The van der Waals surface area contributed by atoms with Crippen LogP contribution < -0.4 is 10.1 Å². The van der Waals surface area contributed by atoms with Crippen molar-refractivity contribution in [3.8, 4) is 5.88 Å². The molecule has 1 fully saturated rings. The number of ether oxygens (including phenoxy) is 1. The number of carbonyl (C=O) groups excluding carboxylic acids is 1. The van der Waals surface area contributed by atoms with Gasteiger partial charge in [-0.25, -0.2) is 9.78 Å². The molecule has 1 heterocycles. The van der Waals surface area contributed by atoms with Crippen LogP contribution in [0.25, 0.3) is 0 Å². The lowest BCUT2D eigenvalue weighted by Crippen LogP contribution is -2.43. The molecule has 0 atom stereocenters. The Labute approximate surface area is 114 Å². The van der Waals surface area contributed by atoms with Crippen LogP contribution in [-0.4, -0.2) is 34.1 Å². The maximum atomic E-state index is 11.9. The number of rotatable bonds is 5. The van der Waals surface area contributed by atoms with Gasteiger partial charge < -0.3 is 15.2 Å². The summed E-state index contributed by atoms with van der Waals surface area (Å²) < 4.78 is 5.15. The predicted octanol–water partition coefficient (Wildman–Crippen LogP) is 1.48. The number of hydrogen-bond donors (Lipinski definition) is 2. The topological polar surface area (TPSA) is 88.5 Å². The molecular weight excluding hydrogens is 272 g/mol. The lowest BCUT2D eigenvalue weighted by Gasteiger charge is -2.12. The van der Waals surface area contributed by atoms with Crippen LogP contribution in [0.3, 0.4) is 0 Å². The minimum absolute atomic E-state index is 0.209. The quantitative estimate of drug-likeness (QED) is 0.855. The van der Waals surface area contributed by atoms with Gasteiger partial charge in [0.2, 0.25) is 5.88 Å². The molecule has 0 radical (unpaired) electrons. The number of carboxylic acids is 1. The summed E-state index contributed by atoms with van der Waals surface area (Å²) in [6.07, 6.45) is 2.18. The zero-order valence-corrected chi connectivity index (χ0v) is 11.0. The number of aliphatic carboxylic acids is 1. The third kappa shape index (κ3) is 2.78. The fraction of sp³-hybridized carbons (Fsp3) is 0.417. The molecule has 1 aliphatic rings. The number of nitrogens with one attached hydrogen (secondary N) is 1. The van der Waals surface area contributed by atoms with Crippen LogP contribution in [0.2, 0.25) is 5.02 Å². The molecule has 0 saturated heterocycles. The molecular formula is C12H13ClN2O4. The highest BCUT2D eigenvalue weighted by Crippen LogP contribution is 2.36. The van der Waals surface area contributed by atoms with Crippen molar-refractivity contribution >= 4 is 23.5 Å². The zero-order valence-electron chi connectivity index (χ0n) is 10.3. The van der Waals surface area contributed by atoms with Gasteiger partial charge in [0.15, 0.2) is 0 Å². The van der Waals surface area contributed by atoms with Crippen molar-refractivity contribution in [3.05, 3.63) is 22.8 Å². The van der Waals surface area contributed by atoms with Gasteiger partial charge in [-0.1, -0.05) is 11.6 Å². The molecule has 19 heavy (non-hydrogen) atoms. The summed E-state index contributed by atoms with van der Waals surface area (Å²) in [5.74, 6) is -1.27. The van der Waals surface area contributed by atoms with Crippen molar-refractivity contribution in [2.75, 3.05) is 6.61 Å². The van der Waals surface area contributed by atoms with E-state index in [1.54, 1.807) is 6.92 Å². The van der Waals surface area contributed by atoms with E-state index in [9.17, 15) is 9.59 Å². The first-order valence-corrected chi connectivity index (χ1v) is 6.20. The Bertz CT molecular complexity index is 528. The van der Waals surface area contributed by atoms with E-state index in [4.69, 9.17) is 21.4 Å². The maximum Gasteiger partial charge on any atom is 0.329 e. The number of nitrogens with zero attached hydrogens (tertiary/aromatic N) is 1. The Morgan fingerprint density at radius 3 is 2.74 bits per heavy atom. The van der Waals surface area contributed by atoms with Crippen molar-refractivity contribution in [1.29, 1.82) is 0 Å². The Balaban J connectivity index is 2.12. The Morgan fingerprint density at radius 2 is 2.26 bits per heavy atom. The van der Waals surface area contributed by atoms with Gasteiger partial charge in [0.25, 0.3) is 5.91 Å². The van der Waals surface area contributed by atoms with E-state index < -0.39 is 17.4 Å². The first kappa shape index (κ1) is 13.6. The predicted molar refractivity (Wildman–Crippen MR) is 67.5 cm³/mol. The smallest absolute Gasteiger partial charge is 0.329 e. The minimum Gasteiger partial charge on any atom is -0.480 e. The summed E-state index contributed by atoms with van der Waals surface area (Å²) in [5, 5.41) is 11.7. The standard InChI is InChI=1S/C12H13ClN2O4/c1-2-19-10-8(13)5-7(6-14-10)9(16)15-12(3-4-12)11(17)18/h5-6H,2-4H2,1H3,(H,15,16)(H,17,18). The monoisotopic (exact) mass is 284 g/mol. The van der Waals surface area contributed by atoms with Gasteiger partial charge in [0.1, 0.15) is 10.6 Å². The van der Waals surface area contributed by atoms with Crippen molar-refractivity contribution in [2.24, 2.45) is 0 Å². The van der Waals surface area contributed by atoms with E-state index in [2.05, 4.69) is 10.3 Å². The molecule has 1 saturated carbocycles. The number of hydrogen-bond acceptors (Lipinski definition) is 4. The average molecular weight is 285 g/mol. The van der Waals surface area contributed by atoms with Gasteiger partial charge in [-0.3, -0.25) is 4.79 Å². The van der Waals surface area contributed by atoms with Crippen molar-refractivity contribution < 1.29 is 19.4 Å². The summed E-state index contributed by atoms with van der Waals surface area (Å²) in [4.78, 5) is 26.8. The Morgan fingerprint density at radius 1 is 1.58 bits per heavy atom. The lowest BCUT2D eigenvalue weighted by atomic mass is 10.2. The first-order valence-electron chi connectivity index (χ1n) is 5.83. The summed E-state index contributed by atoms with van der Waals surface area (Å²) in [6.45, 7) is 2.21. The molecule has 1 amide bonds. The molecule has 2 N–H and O–H groups in total. The largest absolute Gasteiger partial charge is 0.480 e. The van der Waals surface area contributed by atoms with Crippen molar-refractivity contribution in [1.82, 2.24) is 10.3 Å². The third-order valence-corrected chi connectivity index (χ3v) is 3.13. The SMILES string of the molecule is CCOc1ncc(C(=O)NC2(C(=O)O)CC2)cc1Cl. The summed E-state index contributed by atoms with van der Waals surface area (Å²) in [6, 6.07) is 1.41. The van der Waals surface area contributed by atoms with Gasteiger partial charge in [-0.15, -0.1) is 0 Å². The van der Waals surface area contributed by atoms with E-state index in [0.717, 1.165) is 0 Å². The van der Waals surface area contributed by atoms with Crippen LogP contribution in [-0.2, 0) is 4.79 Å². The minimum atomic E-state index is -1.12. The third-order valence-electron chi connectivity index (χ3n) is 2.86. The number of amides is 1. The van der Waals surface area contributed by atoms with Gasteiger partial charge in [-0.05, 0) is 25.8 Å². The second kappa shape index (κ2) is 5.05. The fourth-order valence-electron chi connectivity index (χ4n) is 1.60. The molecule has 7 heteroatoms. The van der Waals surface area contributed by atoms with E-state index >= 15 is 0 Å². The fourth-order valence-corrected chi connectivity index (χ4v) is 1.82. The molecule has 2 rings (SSSR count). The van der Waals surface area contributed by atoms with Crippen LogP contribution in [0.5, 0.6) is 5.88 Å². The number of aromatic nitrogens is 1. The molecule has 0 spiro atoms. The van der Waals surface area contributed by atoms with Crippen LogP contribution in [0, 0.1) is 0 Å². The highest BCUT2D eigenvalue weighted by atomic mass is 35.5. The molecule has 1 aromatic rings. The molecule has 1 aromatic heterocycles.